The largest absolute Gasteiger partial charge is 0.248 e. The van der Waals surface area contributed by atoms with E-state index in [1.165, 1.54) is 11.4 Å². The molecule has 0 fully saturated rings. The van der Waals surface area contributed by atoms with Gasteiger partial charge in [-0.1, -0.05) is 13.8 Å². The molecule has 0 amide bonds. The summed E-state index contributed by atoms with van der Waals surface area (Å²) in [5.74, 6) is 1.90. The van der Waals surface area contributed by atoms with E-state index in [1.807, 2.05) is 6.92 Å². The first-order valence-corrected chi connectivity index (χ1v) is 5.43. The first kappa shape index (κ1) is 10.3. The van der Waals surface area contributed by atoms with E-state index in [9.17, 15) is 0 Å². The van der Waals surface area contributed by atoms with E-state index < -0.39 is 0 Å². The minimum atomic E-state index is 0.436. The Morgan fingerprint density at radius 1 is 1.27 bits per heavy atom. The highest BCUT2D eigenvalue weighted by Gasteiger charge is 2.34. The second kappa shape index (κ2) is 3.40. The molecular formula is C12H18N3+. The highest BCUT2D eigenvalue weighted by Crippen LogP contribution is 2.35. The molecule has 0 saturated heterocycles. The highest BCUT2D eigenvalue weighted by molar-refractivity contribution is 5.72. The van der Waals surface area contributed by atoms with E-state index in [0.29, 0.717) is 11.8 Å². The second-order valence-electron chi connectivity index (χ2n) is 4.62. The molecule has 1 aromatic rings. The van der Waals surface area contributed by atoms with Crippen molar-refractivity contribution in [1.82, 2.24) is 9.97 Å². The molecule has 80 valence electrons. The monoisotopic (exact) mass is 204 g/mol. The lowest BCUT2D eigenvalue weighted by atomic mass is 9.94. The van der Waals surface area contributed by atoms with Gasteiger partial charge in [0.2, 0.25) is 5.69 Å². The molecular weight excluding hydrogens is 186 g/mol. The van der Waals surface area contributed by atoms with Gasteiger partial charge in [-0.2, -0.15) is 0 Å². The van der Waals surface area contributed by atoms with Crippen LogP contribution in [-0.2, 0) is 0 Å². The third-order valence-corrected chi connectivity index (χ3v) is 2.97. The van der Waals surface area contributed by atoms with Crippen molar-refractivity contribution in [3.05, 3.63) is 17.2 Å². The molecule has 1 aliphatic heterocycles. The highest BCUT2D eigenvalue weighted by atomic mass is 15.1. The summed E-state index contributed by atoms with van der Waals surface area (Å²) in [6.45, 7) is 8.48. The zero-order chi connectivity index (χ0) is 11.2. The van der Waals surface area contributed by atoms with E-state index >= 15 is 0 Å². The van der Waals surface area contributed by atoms with Gasteiger partial charge in [-0.15, -0.1) is 0 Å². The fourth-order valence-electron chi connectivity index (χ4n) is 2.28. The molecule has 2 heterocycles. The molecule has 0 spiro atoms. The first-order valence-electron chi connectivity index (χ1n) is 5.43. The molecule has 0 aliphatic carbocycles. The molecule has 0 radical (unpaired) electrons. The van der Waals surface area contributed by atoms with Crippen LogP contribution in [0.5, 0.6) is 0 Å². The van der Waals surface area contributed by atoms with E-state index in [-0.39, 0.29) is 0 Å². The van der Waals surface area contributed by atoms with Crippen molar-refractivity contribution in [3.63, 3.8) is 0 Å². The SMILES string of the molecule is Cc1nc(C)c2c(n1)C(C(C)C)C=[N+]2C. The fourth-order valence-corrected chi connectivity index (χ4v) is 2.28. The Morgan fingerprint density at radius 2 is 1.93 bits per heavy atom. The Kier molecular flexibility index (Phi) is 2.33. The summed E-state index contributed by atoms with van der Waals surface area (Å²) >= 11 is 0. The maximum Gasteiger partial charge on any atom is 0.248 e. The van der Waals surface area contributed by atoms with E-state index in [1.54, 1.807) is 0 Å². The Balaban J connectivity index is 2.61. The van der Waals surface area contributed by atoms with Crippen LogP contribution in [0.2, 0.25) is 0 Å². The van der Waals surface area contributed by atoms with Crippen LogP contribution in [-0.4, -0.2) is 27.8 Å². The van der Waals surface area contributed by atoms with Crippen molar-refractivity contribution in [2.24, 2.45) is 5.92 Å². The average Bonchev–Trinajstić information content (AvgIpc) is 2.42. The maximum atomic E-state index is 4.58. The molecule has 0 N–H and O–H groups in total. The van der Waals surface area contributed by atoms with Crippen molar-refractivity contribution >= 4 is 11.9 Å². The Bertz CT molecular complexity index is 433. The molecule has 3 nitrogen and oxygen atoms in total. The number of rotatable bonds is 1. The molecule has 1 atom stereocenters. The van der Waals surface area contributed by atoms with Crippen LogP contribution in [0, 0.1) is 19.8 Å². The number of hydrogen-bond acceptors (Lipinski definition) is 2. The Morgan fingerprint density at radius 3 is 2.53 bits per heavy atom. The third kappa shape index (κ3) is 1.56. The normalized spacial score (nSPS) is 19.3. The van der Waals surface area contributed by atoms with Gasteiger partial charge in [-0.25, -0.2) is 14.5 Å². The predicted molar refractivity (Wildman–Crippen MR) is 61.0 cm³/mol. The van der Waals surface area contributed by atoms with Crippen LogP contribution in [0.4, 0.5) is 5.69 Å². The van der Waals surface area contributed by atoms with E-state index in [0.717, 1.165) is 11.5 Å². The summed E-state index contributed by atoms with van der Waals surface area (Å²) in [6, 6.07) is 0. The van der Waals surface area contributed by atoms with Crippen molar-refractivity contribution in [2.45, 2.75) is 33.6 Å². The molecule has 1 unspecified atom stereocenters. The standard InChI is InChI=1S/C12H18N3/c1-7(2)10-6-15(5)12-8(3)13-9(4)14-11(10)12/h6-7,10H,1-5H3/q+1. The number of hydrogen-bond donors (Lipinski definition) is 0. The smallest absolute Gasteiger partial charge is 0.232 e. The molecule has 0 saturated carbocycles. The van der Waals surface area contributed by atoms with Gasteiger partial charge in [-0.3, -0.25) is 0 Å². The lowest BCUT2D eigenvalue weighted by molar-refractivity contribution is -0.397. The van der Waals surface area contributed by atoms with Gasteiger partial charge in [0.25, 0.3) is 0 Å². The summed E-state index contributed by atoms with van der Waals surface area (Å²) in [5.41, 5.74) is 3.47. The number of aromatic nitrogens is 2. The van der Waals surface area contributed by atoms with E-state index in [2.05, 4.69) is 48.6 Å². The molecule has 2 rings (SSSR count). The maximum absolute atomic E-state index is 4.58. The van der Waals surface area contributed by atoms with Crippen molar-refractivity contribution in [1.29, 1.82) is 0 Å². The summed E-state index contributed by atoms with van der Waals surface area (Å²) in [5, 5.41) is 0. The van der Waals surface area contributed by atoms with Crippen LogP contribution in [0.1, 0.15) is 37.0 Å². The van der Waals surface area contributed by atoms with Gasteiger partial charge in [0, 0.05) is 0 Å². The van der Waals surface area contributed by atoms with Gasteiger partial charge < -0.3 is 0 Å². The first-order chi connectivity index (χ1) is 7.00. The zero-order valence-electron chi connectivity index (χ0n) is 10.1. The van der Waals surface area contributed by atoms with Crippen molar-refractivity contribution < 1.29 is 4.58 Å². The molecule has 1 aliphatic rings. The minimum absolute atomic E-state index is 0.436. The summed E-state index contributed by atoms with van der Waals surface area (Å²) in [6.07, 6.45) is 2.25. The number of fused-ring (bicyclic) bond motifs is 1. The van der Waals surface area contributed by atoms with Gasteiger partial charge in [-0.05, 0) is 19.8 Å². The third-order valence-electron chi connectivity index (χ3n) is 2.97. The van der Waals surface area contributed by atoms with Gasteiger partial charge in [0.15, 0.2) is 6.21 Å². The molecule has 1 aromatic heterocycles. The van der Waals surface area contributed by atoms with Crippen LogP contribution in [0.25, 0.3) is 0 Å². The van der Waals surface area contributed by atoms with Crippen molar-refractivity contribution in [3.8, 4) is 0 Å². The Hall–Kier alpha value is -1.25. The minimum Gasteiger partial charge on any atom is -0.232 e. The quantitative estimate of drug-likeness (QED) is 0.656. The topological polar surface area (TPSA) is 28.8 Å². The average molecular weight is 204 g/mol. The summed E-state index contributed by atoms with van der Waals surface area (Å²) < 4.78 is 2.16. The predicted octanol–water partition coefficient (Wildman–Crippen LogP) is 2.19. The van der Waals surface area contributed by atoms with Gasteiger partial charge in [0.1, 0.15) is 24.3 Å². The lowest BCUT2D eigenvalue weighted by Gasteiger charge is -2.09. The van der Waals surface area contributed by atoms with Crippen LogP contribution >= 0.6 is 0 Å². The van der Waals surface area contributed by atoms with Gasteiger partial charge in [0.05, 0.1) is 5.92 Å². The number of aryl methyl sites for hydroxylation is 2. The van der Waals surface area contributed by atoms with Crippen LogP contribution in [0.15, 0.2) is 0 Å². The van der Waals surface area contributed by atoms with Crippen molar-refractivity contribution in [2.75, 3.05) is 7.05 Å². The molecule has 0 aromatic carbocycles. The lowest BCUT2D eigenvalue weighted by Crippen LogP contribution is -2.08. The van der Waals surface area contributed by atoms with Crippen LogP contribution in [0.3, 0.4) is 0 Å². The summed E-state index contributed by atoms with van der Waals surface area (Å²) in [7, 11) is 2.08. The van der Waals surface area contributed by atoms with Crippen LogP contribution < -0.4 is 0 Å². The summed E-state index contributed by atoms with van der Waals surface area (Å²) in [4.78, 5) is 9.00. The molecule has 0 bridgehead atoms. The van der Waals surface area contributed by atoms with E-state index in [4.69, 9.17) is 0 Å². The zero-order valence-corrected chi connectivity index (χ0v) is 10.1. The fraction of sp³-hybridized carbons (Fsp3) is 0.583. The number of nitrogens with zero attached hydrogens (tertiary/aromatic N) is 3. The second-order valence-corrected chi connectivity index (χ2v) is 4.62. The molecule has 15 heavy (non-hydrogen) atoms. The van der Waals surface area contributed by atoms with Gasteiger partial charge >= 0.3 is 0 Å². The molecule has 3 heteroatoms. The Labute approximate surface area is 90.9 Å².